The Hall–Kier alpha value is -1.03. The van der Waals surface area contributed by atoms with Crippen molar-refractivity contribution >= 4 is 5.97 Å². The van der Waals surface area contributed by atoms with Gasteiger partial charge in [0.05, 0.1) is 36.6 Å². The molecule has 43 heavy (non-hydrogen) atoms. The standard InChI is InChI=1S/C35H64O8/c1-3-4-5-6-7-8-9-10-11-15-21-30(38)32-23-24-33(42-32)31(39)22-17-16-19-28(36)18-13-12-14-20-29(37)25-27-26-35(2,41)43-34(27)40/h26,28-33,36-39,41H,3-25H2,1-2H3/t28?,29-,30+,31-,32+,33-,35-/m1/s1. The minimum atomic E-state index is -1.58. The average Bonchev–Trinajstić information content (AvgIpc) is 3.55. The largest absolute Gasteiger partial charge is 0.426 e. The van der Waals surface area contributed by atoms with Gasteiger partial charge in [-0.05, 0) is 51.0 Å². The molecule has 2 rings (SSSR count). The van der Waals surface area contributed by atoms with Crippen LogP contribution in [0.3, 0.4) is 0 Å². The van der Waals surface area contributed by atoms with Gasteiger partial charge in [0.2, 0.25) is 5.79 Å². The maximum Gasteiger partial charge on any atom is 0.336 e. The van der Waals surface area contributed by atoms with Crippen LogP contribution in [0.15, 0.2) is 11.6 Å². The fourth-order valence-electron chi connectivity index (χ4n) is 6.45. The molecule has 0 bridgehead atoms. The number of esters is 1. The number of aliphatic hydroxyl groups excluding tert-OH is 4. The molecule has 2 heterocycles. The van der Waals surface area contributed by atoms with Gasteiger partial charge < -0.3 is 35.0 Å². The summed E-state index contributed by atoms with van der Waals surface area (Å²) >= 11 is 0. The maximum absolute atomic E-state index is 11.7. The minimum absolute atomic E-state index is 0.159. The summed E-state index contributed by atoms with van der Waals surface area (Å²) in [5.74, 6) is -2.16. The lowest BCUT2D eigenvalue weighted by atomic mass is 9.99. The molecule has 1 saturated heterocycles. The molecular formula is C35H64O8. The van der Waals surface area contributed by atoms with E-state index in [1.54, 1.807) is 0 Å². The number of ether oxygens (including phenoxy) is 2. The van der Waals surface area contributed by atoms with Crippen molar-refractivity contribution in [3.05, 3.63) is 11.6 Å². The molecule has 1 fully saturated rings. The van der Waals surface area contributed by atoms with Gasteiger partial charge in [-0.2, -0.15) is 0 Å². The van der Waals surface area contributed by atoms with Gasteiger partial charge in [0, 0.05) is 18.9 Å². The summed E-state index contributed by atoms with van der Waals surface area (Å²) in [4.78, 5) is 11.7. The zero-order chi connectivity index (χ0) is 31.5. The van der Waals surface area contributed by atoms with Crippen molar-refractivity contribution in [3.63, 3.8) is 0 Å². The van der Waals surface area contributed by atoms with Gasteiger partial charge in [0.25, 0.3) is 0 Å². The molecule has 0 spiro atoms. The summed E-state index contributed by atoms with van der Waals surface area (Å²) in [6.45, 7) is 3.64. The number of unbranched alkanes of at least 4 members (excludes halogenated alkanes) is 12. The van der Waals surface area contributed by atoms with E-state index in [2.05, 4.69) is 6.92 Å². The highest BCUT2D eigenvalue weighted by atomic mass is 16.7. The summed E-state index contributed by atoms with van der Waals surface area (Å²) in [5.41, 5.74) is 0.314. The van der Waals surface area contributed by atoms with Crippen LogP contribution in [0, 0.1) is 0 Å². The normalized spacial score (nSPS) is 25.0. The first-order valence-electron chi connectivity index (χ1n) is 17.7. The molecule has 8 heteroatoms. The molecule has 2 aliphatic heterocycles. The van der Waals surface area contributed by atoms with Crippen LogP contribution in [-0.4, -0.2) is 73.9 Å². The smallest absolute Gasteiger partial charge is 0.336 e. The van der Waals surface area contributed by atoms with E-state index in [0.29, 0.717) is 31.3 Å². The van der Waals surface area contributed by atoms with Crippen LogP contribution < -0.4 is 0 Å². The Morgan fingerprint density at radius 1 is 0.698 bits per heavy atom. The second-order valence-corrected chi connectivity index (χ2v) is 13.4. The summed E-state index contributed by atoms with van der Waals surface area (Å²) < 4.78 is 10.9. The number of carbonyl (C=O) groups is 1. The van der Waals surface area contributed by atoms with E-state index in [1.807, 2.05) is 0 Å². The minimum Gasteiger partial charge on any atom is -0.426 e. The van der Waals surface area contributed by atoms with E-state index >= 15 is 0 Å². The molecule has 0 aromatic heterocycles. The van der Waals surface area contributed by atoms with Crippen LogP contribution >= 0.6 is 0 Å². The second kappa shape index (κ2) is 21.7. The van der Waals surface area contributed by atoms with E-state index in [4.69, 9.17) is 9.47 Å². The Labute approximate surface area is 261 Å². The zero-order valence-corrected chi connectivity index (χ0v) is 27.3. The quantitative estimate of drug-likeness (QED) is 0.0561. The summed E-state index contributed by atoms with van der Waals surface area (Å²) in [7, 11) is 0. The van der Waals surface area contributed by atoms with Crippen molar-refractivity contribution in [1.82, 2.24) is 0 Å². The second-order valence-electron chi connectivity index (χ2n) is 13.4. The molecule has 2 aliphatic rings. The van der Waals surface area contributed by atoms with Crippen LogP contribution in [0.1, 0.15) is 162 Å². The number of hydrogen-bond donors (Lipinski definition) is 5. The predicted molar refractivity (Wildman–Crippen MR) is 169 cm³/mol. The van der Waals surface area contributed by atoms with Crippen LogP contribution in [0.5, 0.6) is 0 Å². The van der Waals surface area contributed by atoms with Crippen molar-refractivity contribution in [1.29, 1.82) is 0 Å². The SMILES string of the molecule is CCCCCCCCCCCC[C@H](O)[C@@H]1CC[C@H]([C@H](O)CCCCC(O)CCCCC[C@@H](O)CC2=C[C@](C)(O)OC2=O)O1. The molecule has 8 nitrogen and oxygen atoms in total. The van der Waals surface area contributed by atoms with E-state index < -0.39 is 30.1 Å². The third kappa shape index (κ3) is 16.7. The molecule has 0 aromatic carbocycles. The van der Waals surface area contributed by atoms with E-state index in [0.717, 1.165) is 57.8 Å². The number of rotatable bonds is 26. The third-order valence-corrected chi connectivity index (χ3v) is 9.12. The number of aliphatic hydroxyl groups is 5. The van der Waals surface area contributed by atoms with Gasteiger partial charge in [-0.1, -0.05) is 103 Å². The molecule has 5 N–H and O–H groups in total. The van der Waals surface area contributed by atoms with Crippen LogP contribution in [0.4, 0.5) is 0 Å². The van der Waals surface area contributed by atoms with Gasteiger partial charge >= 0.3 is 5.97 Å². The van der Waals surface area contributed by atoms with Crippen LogP contribution in [-0.2, 0) is 14.3 Å². The zero-order valence-electron chi connectivity index (χ0n) is 27.3. The maximum atomic E-state index is 11.7. The fraction of sp³-hybridized carbons (Fsp3) is 0.914. The molecule has 252 valence electrons. The Balaban J connectivity index is 1.42. The monoisotopic (exact) mass is 612 g/mol. The number of hydrogen-bond acceptors (Lipinski definition) is 8. The molecule has 7 atom stereocenters. The summed E-state index contributed by atoms with van der Waals surface area (Å²) in [5, 5.41) is 51.5. The topological polar surface area (TPSA) is 137 Å². The summed E-state index contributed by atoms with van der Waals surface area (Å²) in [6, 6.07) is 0. The van der Waals surface area contributed by atoms with Gasteiger partial charge in [0.1, 0.15) is 0 Å². The van der Waals surface area contributed by atoms with Crippen molar-refractivity contribution in [3.8, 4) is 0 Å². The lowest BCUT2D eigenvalue weighted by molar-refractivity contribution is -0.173. The van der Waals surface area contributed by atoms with Crippen molar-refractivity contribution in [2.24, 2.45) is 0 Å². The first kappa shape index (κ1) is 38.2. The van der Waals surface area contributed by atoms with Crippen molar-refractivity contribution in [2.75, 3.05) is 0 Å². The fourth-order valence-corrected chi connectivity index (χ4v) is 6.45. The highest BCUT2D eigenvalue weighted by Crippen LogP contribution is 2.29. The van der Waals surface area contributed by atoms with Crippen molar-refractivity contribution < 1.29 is 39.8 Å². The van der Waals surface area contributed by atoms with Gasteiger partial charge in [-0.25, -0.2) is 4.79 Å². The summed E-state index contributed by atoms with van der Waals surface area (Å²) in [6.07, 6.45) is 21.3. The first-order chi connectivity index (χ1) is 20.6. The average molecular weight is 613 g/mol. The number of carbonyl (C=O) groups excluding carboxylic acids is 1. The van der Waals surface area contributed by atoms with Gasteiger partial charge in [0.15, 0.2) is 0 Å². The molecule has 0 aliphatic carbocycles. The highest BCUT2D eigenvalue weighted by molar-refractivity contribution is 5.91. The Kier molecular flexibility index (Phi) is 19.2. The van der Waals surface area contributed by atoms with Crippen LogP contribution in [0.25, 0.3) is 0 Å². The molecule has 0 aromatic rings. The Morgan fingerprint density at radius 3 is 1.63 bits per heavy atom. The molecule has 0 amide bonds. The Morgan fingerprint density at radius 2 is 1.12 bits per heavy atom. The molecular weight excluding hydrogens is 548 g/mol. The molecule has 0 saturated carbocycles. The third-order valence-electron chi connectivity index (χ3n) is 9.12. The van der Waals surface area contributed by atoms with E-state index in [1.165, 1.54) is 70.8 Å². The predicted octanol–water partition coefficient (Wildman–Crippen LogP) is 6.38. The van der Waals surface area contributed by atoms with E-state index in [9.17, 15) is 30.3 Å². The lowest BCUT2D eigenvalue weighted by Crippen LogP contribution is -2.31. The first-order valence-corrected chi connectivity index (χ1v) is 17.7. The Bertz CT molecular complexity index is 769. The van der Waals surface area contributed by atoms with E-state index in [-0.39, 0.29) is 24.7 Å². The lowest BCUT2D eigenvalue weighted by Gasteiger charge is -2.22. The molecule has 1 unspecified atom stereocenters. The molecule has 0 radical (unpaired) electrons. The van der Waals surface area contributed by atoms with Crippen molar-refractivity contribution in [2.45, 2.75) is 204 Å². The van der Waals surface area contributed by atoms with Gasteiger partial charge in [-0.15, -0.1) is 0 Å². The van der Waals surface area contributed by atoms with Gasteiger partial charge in [-0.3, -0.25) is 0 Å². The highest BCUT2D eigenvalue weighted by Gasteiger charge is 2.35. The number of cyclic esters (lactones) is 1. The van der Waals surface area contributed by atoms with Crippen LogP contribution in [0.2, 0.25) is 0 Å².